The van der Waals surface area contributed by atoms with Crippen LogP contribution in [0, 0.1) is 0 Å². The number of amides is 1. The number of thiophene rings is 1. The van der Waals surface area contributed by atoms with Crippen molar-refractivity contribution < 1.29 is 4.79 Å². The van der Waals surface area contributed by atoms with Crippen molar-refractivity contribution in [3.8, 4) is 0 Å². The minimum absolute atomic E-state index is 0. The first-order valence-corrected chi connectivity index (χ1v) is 9.00. The molecule has 0 bridgehead atoms. The Kier molecular flexibility index (Phi) is 6.45. The van der Waals surface area contributed by atoms with Crippen molar-refractivity contribution in [2.24, 2.45) is 0 Å². The zero-order valence-electron chi connectivity index (χ0n) is 12.4. The first-order valence-electron chi connectivity index (χ1n) is 7.05. The van der Waals surface area contributed by atoms with Gasteiger partial charge in [0, 0.05) is 34.2 Å². The molecule has 2 heterocycles. The third-order valence-electron chi connectivity index (χ3n) is 4.03. The van der Waals surface area contributed by atoms with Gasteiger partial charge in [-0.2, -0.15) is 0 Å². The van der Waals surface area contributed by atoms with Gasteiger partial charge in [-0.05, 0) is 32.0 Å². The summed E-state index contributed by atoms with van der Waals surface area (Å²) in [5.74, 6) is -0.0204. The van der Waals surface area contributed by atoms with E-state index in [0.717, 1.165) is 30.6 Å². The molecule has 1 aliphatic heterocycles. The Bertz CT molecular complexity index is 726. The van der Waals surface area contributed by atoms with Gasteiger partial charge in [0.15, 0.2) is 0 Å². The van der Waals surface area contributed by atoms with Crippen LogP contribution >= 0.6 is 58.5 Å². The number of nitrogens with zero attached hydrogens (tertiary/aromatic N) is 1. The quantitative estimate of drug-likeness (QED) is 0.741. The van der Waals surface area contributed by atoms with E-state index in [2.05, 4.69) is 5.32 Å². The number of hydrogen-bond donors (Lipinski definition) is 1. The summed E-state index contributed by atoms with van der Waals surface area (Å²) in [5, 5.41) is 5.43. The molecule has 3 rings (SSSR count). The fourth-order valence-corrected chi connectivity index (χ4v) is 5.11. The molecule has 1 aliphatic rings. The maximum atomic E-state index is 12.7. The molecule has 1 aromatic heterocycles. The minimum Gasteiger partial charge on any atom is -0.338 e. The molecular formula is C15H16Cl4N2OS. The van der Waals surface area contributed by atoms with Gasteiger partial charge < -0.3 is 10.2 Å². The molecule has 126 valence electrons. The fourth-order valence-electron chi connectivity index (χ4n) is 2.76. The minimum atomic E-state index is -0.0204. The number of halogens is 4. The van der Waals surface area contributed by atoms with E-state index in [4.69, 9.17) is 34.8 Å². The van der Waals surface area contributed by atoms with Gasteiger partial charge in [-0.15, -0.1) is 23.7 Å². The molecule has 23 heavy (non-hydrogen) atoms. The van der Waals surface area contributed by atoms with E-state index in [9.17, 15) is 4.79 Å². The van der Waals surface area contributed by atoms with E-state index in [1.807, 2.05) is 11.9 Å². The Hall–Kier alpha value is -0.230. The van der Waals surface area contributed by atoms with Crippen LogP contribution in [0.1, 0.15) is 22.5 Å². The summed E-state index contributed by atoms with van der Waals surface area (Å²) in [4.78, 5) is 15.1. The molecule has 0 atom stereocenters. The highest BCUT2D eigenvalue weighted by atomic mass is 35.5. The number of hydrogen-bond acceptors (Lipinski definition) is 3. The van der Waals surface area contributed by atoms with Crippen LogP contribution in [-0.2, 0) is 0 Å². The van der Waals surface area contributed by atoms with Crippen LogP contribution in [0.15, 0.2) is 12.1 Å². The highest BCUT2D eigenvalue weighted by molar-refractivity contribution is 7.21. The Morgan fingerprint density at radius 1 is 1.26 bits per heavy atom. The number of nitrogens with one attached hydrogen (secondary N) is 1. The van der Waals surface area contributed by atoms with Gasteiger partial charge in [-0.25, -0.2) is 0 Å². The second-order valence-electron chi connectivity index (χ2n) is 5.36. The highest BCUT2D eigenvalue weighted by Crippen LogP contribution is 2.41. The van der Waals surface area contributed by atoms with Gasteiger partial charge in [-0.1, -0.05) is 34.8 Å². The van der Waals surface area contributed by atoms with E-state index >= 15 is 0 Å². The smallest absolute Gasteiger partial charge is 0.265 e. The third-order valence-corrected chi connectivity index (χ3v) is 6.17. The van der Waals surface area contributed by atoms with Crippen molar-refractivity contribution in [1.82, 2.24) is 10.2 Å². The maximum absolute atomic E-state index is 12.7. The van der Waals surface area contributed by atoms with Crippen LogP contribution in [0.4, 0.5) is 0 Å². The Balaban J connectivity index is 0.00000192. The lowest BCUT2D eigenvalue weighted by Gasteiger charge is -2.31. The number of carbonyl (C=O) groups is 1. The Morgan fingerprint density at radius 3 is 2.52 bits per heavy atom. The molecule has 0 saturated carbocycles. The molecule has 0 spiro atoms. The van der Waals surface area contributed by atoms with Gasteiger partial charge in [0.2, 0.25) is 0 Å². The largest absolute Gasteiger partial charge is 0.338 e. The zero-order valence-corrected chi connectivity index (χ0v) is 16.3. The molecule has 0 radical (unpaired) electrons. The molecule has 1 amide bonds. The number of rotatable bonds is 2. The SMILES string of the molecule is CNC1CCN(C(=O)c2sc3cc(Cl)cc(Cl)c3c2Cl)CC1.Cl. The number of carbonyl (C=O) groups excluding carboxylic acids is 1. The van der Waals surface area contributed by atoms with E-state index in [1.165, 1.54) is 11.3 Å². The number of fused-ring (bicyclic) bond motifs is 1. The lowest BCUT2D eigenvalue weighted by atomic mass is 10.1. The van der Waals surface area contributed by atoms with Crippen LogP contribution in [0.3, 0.4) is 0 Å². The normalized spacial score (nSPS) is 15.7. The summed E-state index contributed by atoms with van der Waals surface area (Å²) in [5.41, 5.74) is 0. The van der Waals surface area contributed by atoms with Crippen LogP contribution < -0.4 is 5.32 Å². The Labute approximate surface area is 160 Å². The van der Waals surface area contributed by atoms with E-state index < -0.39 is 0 Å². The molecule has 8 heteroatoms. The summed E-state index contributed by atoms with van der Waals surface area (Å²) in [6.45, 7) is 1.48. The van der Waals surface area contributed by atoms with Crippen LogP contribution in [0.25, 0.3) is 10.1 Å². The first kappa shape index (κ1) is 19.1. The van der Waals surface area contributed by atoms with Crippen molar-refractivity contribution in [3.63, 3.8) is 0 Å². The van der Waals surface area contributed by atoms with Gasteiger partial charge in [0.05, 0.1) is 10.0 Å². The summed E-state index contributed by atoms with van der Waals surface area (Å²) in [6, 6.07) is 3.93. The maximum Gasteiger partial charge on any atom is 0.265 e. The predicted molar refractivity (Wildman–Crippen MR) is 102 cm³/mol. The lowest BCUT2D eigenvalue weighted by Crippen LogP contribution is -2.43. The Morgan fingerprint density at radius 2 is 1.91 bits per heavy atom. The van der Waals surface area contributed by atoms with E-state index in [0.29, 0.717) is 31.4 Å². The molecule has 1 N–H and O–H groups in total. The lowest BCUT2D eigenvalue weighted by molar-refractivity contribution is 0.0712. The number of likely N-dealkylation sites (tertiary alicyclic amines) is 1. The molecule has 2 aromatic rings. The second kappa shape index (κ2) is 7.77. The molecule has 3 nitrogen and oxygen atoms in total. The zero-order chi connectivity index (χ0) is 15.9. The van der Waals surface area contributed by atoms with Crippen molar-refractivity contribution in [1.29, 1.82) is 0 Å². The topological polar surface area (TPSA) is 32.3 Å². The van der Waals surface area contributed by atoms with Gasteiger partial charge >= 0.3 is 0 Å². The van der Waals surface area contributed by atoms with Crippen molar-refractivity contribution in [2.75, 3.05) is 20.1 Å². The monoisotopic (exact) mass is 412 g/mol. The van der Waals surface area contributed by atoms with Crippen LogP contribution in [0.2, 0.25) is 15.1 Å². The number of piperidine rings is 1. The summed E-state index contributed by atoms with van der Waals surface area (Å²) < 4.78 is 0.843. The van der Waals surface area contributed by atoms with Gasteiger partial charge in [-0.3, -0.25) is 4.79 Å². The van der Waals surface area contributed by atoms with Gasteiger partial charge in [0.1, 0.15) is 4.88 Å². The summed E-state index contributed by atoms with van der Waals surface area (Å²) in [7, 11) is 1.96. The van der Waals surface area contributed by atoms with Crippen LogP contribution in [0.5, 0.6) is 0 Å². The van der Waals surface area contributed by atoms with Gasteiger partial charge in [0.25, 0.3) is 5.91 Å². The number of benzene rings is 1. The van der Waals surface area contributed by atoms with Crippen molar-refractivity contribution >= 4 is 74.5 Å². The molecule has 0 unspecified atom stereocenters. The highest BCUT2D eigenvalue weighted by Gasteiger charge is 2.27. The average Bonchev–Trinajstić information content (AvgIpc) is 2.83. The summed E-state index contributed by atoms with van der Waals surface area (Å²) in [6.07, 6.45) is 1.91. The molecular weight excluding hydrogens is 398 g/mol. The standard InChI is InChI=1S/C15H15Cl3N2OS.ClH/c1-19-9-2-4-20(5-3-9)15(21)14-13(18)12-10(17)6-8(16)7-11(12)22-14;/h6-7,9,19H,2-5H2,1H3;1H. The van der Waals surface area contributed by atoms with Crippen molar-refractivity contribution in [2.45, 2.75) is 18.9 Å². The van der Waals surface area contributed by atoms with E-state index in [-0.39, 0.29) is 18.3 Å². The van der Waals surface area contributed by atoms with Crippen LogP contribution in [-0.4, -0.2) is 37.0 Å². The summed E-state index contributed by atoms with van der Waals surface area (Å²) >= 11 is 20.0. The third kappa shape index (κ3) is 3.73. The second-order valence-corrected chi connectivity index (χ2v) is 7.63. The average molecular weight is 414 g/mol. The fraction of sp³-hybridized carbons (Fsp3) is 0.400. The van der Waals surface area contributed by atoms with E-state index in [1.54, 1.807) is 12.1 Å². The first-order chi connectivity index (χ1) is 10.5. The molecule has 1 fully saturated rings. The molecule has 1 aromatic carbocycles. The molecule has 0 aliphatic carbocycles. The molecule has 1 saturated heterocycles. The van der Waals surface area contributed by atoms with Crippen molar-refractivity contribution in [3.05, 3.63) is 32.1 Å². The predicted octanol–water partition coefficient (Wildman–Crippen LogP) is 5.11.